The molecule has 0 aliphatic rings. The Hall–Kier alpha value is -1.87. The number of amides is 1. The summed E-state index contributed by atoms with van der Waals surface area (Å²) in [4.78, 5) is 13.6. The minimum Gasteiger partial charge on any atom is -0.355 e. The van der Waals surface area contributed by atoms with Gasteiger partial charge in [-0.3, -0.25) is 4.79 Å². The molecule has 1 atom stereocenters. The lowest BCUT2D eigenvalue weighted by Gasteiger charge is -2.17. The predicted molar refractivity (Wildman–Crippen MR) is 85.0 cm³/mol. The first-order chi connectivity index (χ1) is 9.68. The van der Waals surface area contributed by atoms with Gasteiger partial charge in [0.15, 0.2) is 0 Å². The molecule has 2 nitrogen and oxygen atoms in total. The zero-order valence-electron chi connectivity index (χ0n) is 11.6. The van der Waals surface area contributed by atoms with E-state index >= 15 is 0 Å². The van der Waals surface area contributed by atoms with Gasteiger partial charge in [0, 0.05) is 11.4 Å². The largest absolute Gasteiger partial charge is 0.355 e. The predicted octanol–water partition coefficient (Wildman–Crippen LogP) is 3.77. The van der Waals surface area contributed by atoms with Crippen molar-refractivity contribution in [2.45, 2.75) is 19.3 Å². The minimum atomic E-state index is -0.264. The third kappa shape index (κ3) is 3.81. The van der Waals surface area contributed by atoms with Gasteiger partial charge in [-0.15, -0.1) is 11.3 Å². The first kappa shape index (κ1) is 14.5. The number of hydrogen-bond donors (Lipinski definition) is 1. The van der Waals surface area contributed by atoms with Crippen molar-refractivity contribution in [2.75, 3.05) is 6.54 Å². The molecule has 0 bridgehead atoms. The Bertz CT molecular complexity index is 560. The highest BCUT2D eigenvalue weighted by atomic mass is 32.1. The second-order valence-corrected chi connectivity index (χ2v) is 5.84. The number of carbonyl (C=O) groups excluding carboxylic acids is 1. The van der Waals surface area contributed by atoms with E-state index in [0.717, 1.165) is 17.6 Å². The third-order valence-corrected chi connectivity index (χ3v) is 4.07. The van der Waals surface area contributed by atoms with E-state index in [1.807, 2.05) is 43.3 Å². The third-order valence-electron chi connectivity index (χ3n) is 3.14. The molecule has 0 spiro atoms. The van der Waals surface area contributed by atoms with Gasteiger partial charge in [-0.05, 0) is 30.4 Å². The molecule has 0 radical (unpaired) electrons. The number of nitrogens with one attached hydrogen (secondary N) is 1. The lowest BCUT2D eigenvalue weighted by molar-refractivity contribution is -0.121. The monoisotopic (exact) mass is 285 g/mol. The Morgan fingerprint density at radius 3 is 2.60 bits per heavy atom. The van der Waals surface area contributed by atoms with Gasteiger partial charge in [0.2, 0.25) is 5.91 Å². The van der Waals surface area contributed by atoms with E-state index in [1.165, 1.54) is 4.88 Å². The van der Waals surface area contributed by atoms with Gasteiger partial charge in [-0.2, -0.15) is 0 Å². The zero-order chi connectivity index (χ0) is 14.4. The second kappa shape index (κ2) is 7.06. The van der Waals surface area contributed by atoms with Crippen LogP contribution in [-0.2, 0) is 11.2 Å². The van der Waals surface area contributed by atoms with Crippen LogP contribution in [-0.4, -0.2) is 12.5 Å². The van der Waals surface area contributed by atoms with Crippen molar-refractivity contribution < 1.29 is 4.79 Å². The average Bonchev–Trinajstić information content (AvgIpc) is 2.93. The van der Waals surface area contributed by atoms with Crippen molar-refractivity contribution >= 4 is 17.2 Å². The van der Waals surface area contributed by atoms with Crippen LogP contribution in [0.25, 0.3) is 0 Å². The van der Waals surface area contributed by atoms with Crippen LogP contribution in [0.15, 0.2) is 60.0 Å². The maximum atomic E-state index is 12.3. The number of thiophene rings is 1. The summed E-state index contributed by atoms with van der Waals surface area (Å²) in [6.07, 6.45) is 0.876. The first-order valence-corrected chi connectivity index (χ1v) is 7.57. The Labute approximate surface area is 124 Å². The fourth-order valence-electron chi connectivity index (χ4n) is 2.17. The Balaban J connectivity index is 1.96. The van der Waals surface area contributed by atoms with Crippen LogP contribution in [0.3, 0.4) is 0 Å². The van der Waals surface area contributed by atoms with Crippen LogP contribution in [0.4, 0.5) is 0 Å². The summed E-state index contributed by atoms with van der Waals surface area (Å²) in [6.45, 7) is 6.51. The Morgan fingerprint density at radius 1 is 1.25 bits per heavy atom. The summed E-state index contributed by atoms with van der Waals surface area (Å²) in [6, 6.07) is 13.9. The fraction of sp³-hybridized carbons (Fsp3) is 0.235. The molecule has 1 aromatic carbocycles. The van der Waals surface area contributed by atoms with Crippen molar-refractivity contribution in [2.24, 2.45) is 0 Å². The quantitative estimate of drug-likeness (QED) is 0.804. The fourth-order valence-corrected chi connectivity index (χ4v) is 2.88. The summed E-state index contributed by atoms with van der Waals surface area (Å²) in [7, 11) is 0. The zero-order valence-corrected chi connectivity index (χ0v) is 12.5. The number of rotatable bonds is 6. The van der Waals surface area contributed by atoms with E-state index in [2.05, 4.69) is 23.3 Å². The van der Waals surface area contributed by atoms with Gasteiger partial charge in [0.05, 0.1) is 5.92 Å². The van der Waals surface area contributed by atoms with Gasteiger partial charge in [-0.1, -0.05) is 48.6 Å². The maximum Gasteiger partial charge on any atom is 0.231 e. The van der Waals surface area contributed by atoms with E-state index in [9.17, 15) is 4.79 Å². The highest BCUT2D eigenvalue weighted by Crippen LogP contribution is 2.22. The second-order valence-electron chi connectivity index (χ2n) is 4.81. The molecule has 1 N–H and O–H groups in total. The number of carbonyl (C=O) groups is 1. The van der Waals surface area contributed by atoms with Crippen molar-refractivity contribution in [1.82, 2.24) is 5.32 Å². The average molecular weight is 285 g/mol. The summed E-state index contributed by atoms with van der Waals surface area (Å²) in [5, 5.41) is 5.06. The summed E-state index contributed by atoms with van der Waals surface area (Å²) >= 11 is 1.72. The molecule has 104 valence electrons. The lowest BCUT2D eigenvalue weighted by Crippen LogP contribution is -2.31. The molecule has 3 heteroatoms. The molecule has 1 unspecified atom stereocenters. The van der Waals surface area contributed by atoms with Crippen molar-refractivity contribution in [3.63, 3.8) is 0 Å². The molecule has 0 aliphatic carbocycles. The van der Waals surface area contributed by atoms with Crippen LogP contribution < -0.4 is 5.32 Å². The van der Waals surface area contributed by atoms with Crippen LogP contribution in [0.1, 0.15) is 23.3 Å². The summed E-state index contributed by atoms with van der Waals surface area (Å²) < 4.78 is 0. The molecule has 1 amide bonds. The van der Waals surface area contributed by atoms with Crippen molar-refractivity contribution in [3.05, 3.63) is 70.4 Å². The molecule has 2 rings (SSSR count). The van der Waals surface area contributed by atoms with Crippen molar-refractivity contribution in [1.29, 1.82) is 0 Å². The highest BCUT2D eigenvalue weighted by molar-refractivity contribution is 7.09. The van der Waals surface area contributed by atoms with Crippen LogP contribution in [0.5, 0.6) is 0 Å². The van der Waals surface area contributed by atoms with Crippen LogP contribution >= 0.6 is 11.3 Å². The van der Waals surface area contributed by atoms with Gasteiger partial charge < -0.3 is 5.32 Å². The lowest BCUT2D eigenvalue weighted by atomic mass is 9.92. The highest BCUT2D eigenvalue weighted by Gasteiger charge is 2.20. The van der Waals surface area contributed by atoms with E-state index in [1.54, 1.807) is 11.3 Å². The van der Waals surface area contributed by atoms with Crippen LogP contribution in [0.2, 0.25) is 0 Å². The summed E-state index contributed by atoms with van der Waals surface area (Å²) in [5.41, 5.74) is 1.86. The first-order valence-electron chi connectivity index (χ1n) is 6.69. The normalized spacial score (nSPS) is 11.8. The molecule has 1 heterocycles. The molecule has 0 saturated carbocycles. The molecule has 2 aromatic rings. The standard InChI is InChI=1S/C17H19NOS/c1-13(2)16(14-7-4-3-5-8-14)17(19)18-11-10-15-9-6-12-20-15/h3-9,12,16H,1,10-11H2,2H3,(H,18,19). The van der Waals surface area contributed by atoms with E-state index in [4.69, 9.17) is 0 Å². The minimum absolute atomic E-state index is 0.0280. The molecular weight excluding hydrogens is 266 g/mol. The van der Waals surface area contributed by atoms with Crippen molar-refractivity contribution in [3.8, 4) is 0 Å². The van der Waals surface area contributed by atoms with Gasteiger partial charge in [0.25, 0.3) is 0 Å². The van der Waals surface area contributed by atoms with Crippen LogP contribution in [0, 0.1) is 0 Å². The maximum absolute atomic E-state index is 12.3. The van der Waals surface area contributed by atoms with Gasteiger partial charge in [-0.25, -0.2) is 0 Å². The van der Waals surface area contributed by atoms with E-state index in [0.29, 0.717) is 6.54 Å². The molecule has 20 heavy (non-hydrogen) atoms. The smallest absolute Gasteiger partial charge is 0.231 e. The molecule has 0 fully saturated rings. The Kier molecular flexibility index (Phi) is 5.13. The molecule has 0 aliphatic heterocycles. The molecule has 1 aromatic heterocycles. The summed E-state index contributed by atoms with van der Waals surface area (Å²) in [5.74, 6) is -0.236. The number of hydrogen-bond acceptors (Lipinski definition) is 2. The Morgan fingerprint density at radius 2 is 2.00 bits per heavy atom. The molecular formula is C17H19NOS. The van der Waals surface area contributed by atoms with E-state index in [-0.39, 0.29) is 11.8 Å². The van der Waals surface area contributed by atoms with Gasteiger partial charge >= 0.3 is 0 Å². The van der Waals surface area contributed by atoms with Gasteiger partial charge in [0.1, 0.15) is 0 Å². The topological polar surface area (TPSA) is 29.1 Å². The SMILES string of the molecule is C=C(C)C(C(=O)NCCc1cccs1)c1ccccc1. The van der Waals surface area contributed by atoms with E-state index < -0.39 is 0 Å². The molecule has 0 saturated heterocycles. The number of benzene rings is 1.